The van der Waals surface area contributed by atoms with Crippen LogP contribution in [0.2, 0.25) is 0 Å². The van der Waals surface area contributed by atoms with Crippen LogP contribution < -0.4 is 10.7 Å². The maximum atomic E-state index is 5.22. The zero-order chi connectivity index (χ0) is 15.9. The number of hydrogen-bond donors (Lipinski definition) is 2. The van der Waals surface area contributed by atoms with Gasteiger partial charge in [0.2, 0.25) is 0 Å². The monoisotopic (exact) mass is 311 g/mol. The van der Waals surface area contributed by atoms with Gasteiger partial charge in [-0.2, -0.15) is 5.10 Å². The topological polar surface area (TPSA) is 36.4 Å². The zero-order valence-corrected chi connectivity index (χ0v) is 14.0. The van der Waals surface area contributed by atoms with E-state index in [2.05, 4.69) is 60.9 Å². The van der Waals surface area contributed by atoms with Crippen LogP contribution in [-0.2, 0) is 6.54 Å². The van der Waals surface area contributed by atoms with E-state index in [-0.39, 0.29) is 0 Å². The summed E-state index contributed by atoms with van der Waals surface area (Å²) in [6.45, 7) is 6.97. The third-order valence-corrected chi connectivity index (χ3v) is 3.63. The van der Waals surface area contributed by atoms with Crippen molar-refractivity contribution in [3.8, 4) is 0 Å². The van der Waals surface area contributed by atoms with E-state index in [0.717, 1.165) is 5.56 Å². The first-order valence-corrected chi connectivity index (χ1v) is 7.66. The zero-order valence-electron chi connectivity index (χ0n) is 13.2. The van der Waals surface area contributed by atoms with Crippen LogP contribution in [0.25, 0.3) is 0 Å². The Bertz CT molecular complexity index is 655. The van der Waals surface area contributed by atoms with Gasteiger partial charge in [0.25, 0.3) is 0 Å². The van der Waals surface area contributed by atoms with Gasteiger partial charge in [-0.25, -0.2) is 0 Å². The van der Waals surface area contributed by atoms with Gasteiger partial charge < -0.3 is 5.32 Å². The molecule has 0 spiro atoms. The average molecular weight is 311 g/mol. The Morgan fingerprint density at radius 1 is 1.09 bits per heavy atom. The Morgan fingerprint density at radius 2 is 1.73 bits per heavy atom. The molecule has 4 heteroatoms. The molecule has 2 aromatic carbocycles. The minimum atomic E-state index is 0.516. The Hall–Kier alpha value is -2.20. The van der Waals surface area contributed by atoms with Gasteiger partial charge in [0.05, 0.1) is 6.21 Å². The van der Waals surface area contributed by atoms with Crippen LogP contribution in [0.3, 0.4) is 0 Å². The lowest BCUT2D eigenvalue weighted by Gasteiger charge is -2.08. The summed E-state index contributed by atoms with van der Waals surface area (Å²) in [4.78, 5) is 0. The number of nitrogens with zero attached hydrogens (tertiary/aromatic N) is 1. The van der Waals surface area contributed by atoms with Gasteiger partial charge >= 0.3 is 0 Å². The van der Waals surface area contributed by atoms with Gasteiger partial charge in [-0.05, 0) is 49.7 Å². The smallest absolute Gasteiger partial charge is 0.187 e. The highest BCUT2D eigenvalue weighted by atomic mass is 32.1. The van der Waals surface area contributed by atoms with Gasteiger partial charge in [-0.3, -0.25) is 5.43 Å². The van der Waals surface area contributed by atoms with Crippen LogP contribution in [0.4, 0.5) is 0 Å². The second kappa shape index (κ2) is 7.71. The summed E-state index contributed by atoms with van der Waals surface area (Å²) in [5.41, 5.74) is 8.86. The molecule has 22 heavy (non-hydrogen) atoms. The highest BCUT2D eigenvalue weighted by molar-refractivity contribution is 7.80. The van der Waals surface area contributed by atoms with E-state index in [1.54, 1.807) is 0 Å². The van der Waals surface area contributed by atoms with Crippen LogP contribution in [-0.4, -0.2) is 11.3 Å². The van der Waals surface area contributed by atoms with Crippen LogP contribution in [0.1, 0.15) is 27.8 Å². The van der Waals surface area contributed by atoms with E-state index in [0.29, 0.717) is 11.7 Å². The summed E-state index contributed by atoms with van der Waals surface area (Å²) >= 11 is 5.22. The van der Waals surface area contributed by atoms with Crippen molar-refractivity contribution < 1.29 is 0 Å². The molecule has 0 saturated carbocycles. The van der Waals surface area contributed by atoms with Crippen molar-refractivity contribution in [3.05, 3.63) is 70.3 Å². The molecular formula is C18H21N3S. The van der Waals surface area contributed by atoms with Crippen molar-refractivity contribution in [3.63, 3.8) is 0 Å². The highest BCUT2D eigenvalue weighted by Crippen LogP contribution is 2.13. The van der Waals surface area contributed by atoms with Crippen LogP contribution in [0.15, 0.2) is 47.6 Å². The SMILES string of the molecule is Cc1cc(C)c(C=NNC(=S)NCc2ccccc2)c(C)c1. The fourth-order valence-electron chi connectivity index (χ4n) is 2.37. The van der Waals surface area contributed by atoms with Crippen molar-refractivity contribution in [2.24, 2.45) is 5.10 Å². The third kappa shape index (κ3) is 4.67. The Morgan fingerprint density at radius 3 is 2.36 bits per heavy atom. The summed E-state index contributed by atoms with van der Waals surface area (Å²) < 4.78 is 0. The molecule has 0 heterocycles. The van der Waals surface area contributed by atoms with Gasteiger partial charge in [0.15, 0.2) is 5.11 Å². The van der Waals surface area contributed by atoms with E-state index in [1.165, 1.54) is 22.3 Å². The molecule has 114 valence electrons. The standard InChI is InChI=1S/C18H21N3S/c1-13-9-14(2)17(15(3)10-13)12-20-21-18(22)19-11-16-7-5-4-6-8-16/h4-10,12H,11H2,1-3H3,(H2,19,21,22). The van der Waals surface area contributed by atoms with E-state index >= 15 is 0 Å². The van der Waals surface area contributed by atoms with Crippen LogP contribution in [0, 0.1) is 20.8 Å². The molecule has 0 aromatic heterocycles. The van der Waals surface area contributed by atoms with Gasteiger partial charge in [0, 0.05) is 12.1 Å². The largest absolute Gasteiger partial charge is 0.357 e. The van der Waals surface area contributed by atoms with Crippen molar-refractivity contribution in [1.82, 2.24) is 10.7 Å². The number of hydrogen-bond acceptors (Lipinski definition) is 2. The molecule has 0 unspecified atom stereocenters. The van der Waals surface area contributed by atoms with E-state index < -0.39 is 0 Å². The number of rotatable bonds is 4. The molecule has 0 bridgehead atoms. The molecule has 2 rings (SSSR count). The summed E-state index contributed by atoms with van der Waals surface area (Å²) in [5.74, 6) is 0. The van der Waals surface area contributed by atoms with Crippen molar-refractivity contribution in [1.29, 1.82) is 0 Å². The molecule has 2 aromatic rings. The fraction of sp³-hybridized carbons (Fsp3) is 0.222. The summed E-state index contributed by atoms with van der Waals surface area (Å²) in [5, 5.41) is 7.87. The fourth-order valence-corrected chi connectivity index (χ4v) is 2.49. The first kappa shape index (κ1) is 16.2. The van der Waals surface area contributed by atoms with Gasteiger partial charge in [0.1, 0.15) is 0 Å². The number of thiocarbonyl (C=S) groups is 1. The predicted octanol–water partition coefficient (Wildman–Crippen LogP) is 3.61. The minimum absolute atomic E-state index is 0.516. The summed E-state index contributed by atoms with van der Waals surface area (Å²) in [6.07, 6.45) is 1.82. The lowest BCUT2D eigenvalue weighted by atomic mass is 10.0. The molecule has 0 fully saturated rings. The lowest BCUT2D eigenvalue weighted by Crippen LogP contribution is -2.31. The predicted molar refractivity (Wildman–Crippen MR) is 97.3 cm³/mol. The Balaban J connectivity index is 1.88. The minimum Gasteiger partial charge on any atom is -0.357 e. The van der Waals surface area contributed by atoms with E-state index in [9.17, 15) is 0 Å². The lowest BCUT2D eigenvalue weighted by molar-refractivity contribution is 0.868. The normalized spacial score (nSPS) is 10.7. The Kier molecular flexibility index (Phi) is 5.67. The van der Waals surface area contributed by atoms with E-state index in [1.807, 2.05) is 24.4 Å². The maximum Gasteiger partial charge on any atom is 0.187 e. The first-order valence-electron chi connectivity index (χ1n) is 7.25. The maximum absolute atomic E-state index is 5.22. The van der Waals surface area contributed by atoms with Crippen molar-refractivity contribution in [2.45, 2.75) is 27.3 Å². The van der Waals surface area contributed by atoms with Gasteiger partial charge in [-0.15, -0.1) is 0 Å². The molecule has 0 aliphatic rings. The highest BCUT2D eigenvalue weighted by Gasteiger charge is 2.01. The number of aryl methyl sites for hydroxylation is 3. The first-order chi connectivity index (χ1) is 10.6. The molecular weight excluding hydrogens is 290 g/mol. The Labute approximate surface area is 137 Å². The molecule has 0 saturated heterocycles. The molecule has 2 N–H and O–H groups in total. The number of hydrazone groups is 1. The van der Waals surface area contributed by atoms with Crippen LogP contribution >= 0.6 is 12.2 Å². The van der Waals surface area contributed by atoms with Crippen molar-refractivity contribution in [2.75, 3.05) is 0 Å². The molecule has 0 radical (unpaired) electrons. The third-order valence-electron chi connectivity index (χ3n) is 3.39. The number of benzene rings is 2. The second-order valence-electron chi connectivity index (χ2n) is 5.35. The average Bonchev–Trinajstić information content (AvgIpc) is 2.49. The van der Waals surface area contributed by atoms with E-state index in [4.69, 9.17) is 12.2 Å². The molecule has 0 aliphatic carbocycles. The summed E-state index contributed by atoms with van der Waals surface area (Å²) in [6, 6.07) is 14.4. The molecule has 0 aliphatic heterocycles. The quantitative estimate of drug-likeness (QED) is 0.514. The molecule has 3 nitrogen and oxygen atoms in total. The number of nitrogens with one attached hydrogen (secondary N) is 2. The summed E-state index contributed by atoms with van der Waals surface area (Å²) in [7, 11) is 0. The molecule has 0 atom stereocenters. The second-order valence-corrected chi connectivity index (χ2v) is 5.76. The van der Waals surface area contributed by atoms with Crippen molar-refractivity contribution >= 4 is 23.5 Å². The molecule has 0 amide bonds. The van der Waals surface area contributed by atoms with Gasteiger partial charge in [-0.1, -0.05) is 48.0 Å². The van der Waals surface area contributed by atoms with Crippen LogP contribution in [0.5, 0.6) is 0 Å².